The second-order valence-electron chi connectivity index (χ2n) is 8.21. The van der Waals surface area contributed by atoms with Gasteiger partial charge in [-0.1, -0.05) is 50.1 Å². The minimum atomic E-state index is -0.598. The van der Waals surface area contributed by atoms with Crippen molar-refractivity contribution in [1.29, 1.82) is 0 Å². The first-order valence-corrected chi connectivity index (χ1v) is 9.87. The van der Waals surface area contributed by atoms with E-state index in [0.717, 1.165) is 11.3 Å². The molecule has 0 bridgehead atoms. The maximum atomic E-state index is 6.19. The van der Waals surface area contributed by atoms with E-state index in [9.17, 15) is 0 Å². The van der Waals surface area contributed by atoms with E-state index in [1.807, 2.05) is 27.7 Å². The van der Waals surface area contributed by atoms with Gasteiger partial charge in [0.15, 0.2) is 0 Å². The molecule has 27 heavy (non-hydrogen) atoms. The topological polar surface area (TPSA) is 60.0 Å². The van der Waals surface area contributed by atoms with Gasteiger partial charge >= 0.3 is 0 Å². The number of nitrogens with zero attached hydrogens (tertiary/aromatic N) is 2. The number of hydrogen-bond donors (Lipinski definition) is 1. The molecule has 4 heteroatoms. The quantitative estimate of drug-likeness (QED) is 0.774. The summed E-state index contributed by atoms with van der Waals surface area (Å²) in [5, 5.41) is 0. The second kappa shape index (κ2) is 7.71. The largest absolute Gasteiger partial charge is 0.463 e. The third kappa shape index (κ3) is 4.32. The molecule has 0 aromatic heterocycles. The third-order valence-electron chi connectivity index (χ3n) is 5.27. The molecule has 1 aliphatic carbocycles. The van der Waals surface area contributed by atoms with E-state index >= 15 is 0 Å². The molecule has 2 aliphatic rings. The van der Waals surface area contributed by atoms with Crippen LogP contribution in [-0.2, 0) is 4.74 Å². The maximum absolute atomic E-state index is 6.19. The van der Waals surface area contributed by atoms with Crippen LogP contribution in [0.3, 0.4) is 0 Å². The van der Waals surface area contributed by atoms with Gasteiger partial charge in [-0.2, -0.15) is 0 Å². The standard InChI is InChI=1S/C23H31N3O/c1-15(2)25-22-20(16(3)24)26-21(23(4,5)27-22)19-13-11-18(12-14-19)17-9-7-6-8-10-17/h11-14,17H,1,6-10,24H2,2-5H3/b20-16-,25-22?. The summed E-state index contributed by atoms with van der Waals surface area (Å²) in [6.45, 7) is 11.5. The number of benzene rings is 1. The first-order chi connectivity index (χ1) is 12.8. The van der Waals surface area contributed by atoms with E-state index in [-0.39, 0.29) is 0 Å². The first kappa shape index (κ1) is 19.4. The minimum Gasteiger partial charge on any atom is -0.463 e. The maximum Gasteiger partial charge on any atom is 0.242 e. The van der Waals surface area contributed by atoms with Crippen LogP contribution in [0.5, 0.6) is 0 Å². The summed E-state index contributed by atoms with van der Waals surface area (Å²) in [7, 11) is 0. The van der Waals surface area contributed by atoms with Crippen LogP contribution in [0.25, 0.3) is 0 Å². The SMILES string of the molecule is C=C(C)N=C1OC(C)(C)C(c2ccc(C3CCCCC3)cc2)=N/C1=C(/C)N. The number of allylic oxidation sites excluding steroid dienone is 2. The van der Waals surface area contributed by atoms with Crippen LogP contribution in [0.15, 0.2) is 57.9 Å². The van der Waals surface area contributed by atoms with Gasteiger partial charge in [0.2, 0.25) is 5.90 Å². The average molecular weight is 366 g/mol. The Morgan fingerprint density at radius 2 is 1.78 bits per heavy atom. The van der Waals surface area contributed by atoms with E-state index in [0.29, 0.717) is 28.9 Å². The molecule has 1 saturated carbocycles. The van der Waals surface area contributed by atoms with Crippen molar-refractivity contribution >= 4 is 11.6 Å². The summed E-state index contributed by atoms with van der Waals surface area (Å²) in [4.78, 5) is 9.25. The van der Waals surface area contributed by atoms with Gasteiger partial charge < -0.3 is 10.5 Å². The molecule has 3 rings (SSSR count). The summed E-state index contributed by atoms with van der Waals surface area (Å²) in [6, 6.07) is 8.83. The first-order valence-electron chi connectivity index (χ1n) is 9.87. The predicted octanol–water partition coefficient (Wildman–Crippen LogP) is 5.45. The molecular formula is C23H31N3O. The molecule has 1 heterocycles. The molecule has 1 aliphatic heterocycles. The molecule has 1 aromatic rings. The zero-order valence-electron chi connectivity index (χ0n) is 17.0. The van der Waals surface area contributed by atoms with Gasteiger partial charge in [0.05, 0.1) is 5.71 Å². The fourth-order valence-corrected chi connectivity index (χ4v) is 3.90. The highest BCUT2D eigenvalue weighted by Gasteiger charge is 2.36. The van der Waals surface area contributed by atoms with Crippen LogP contribution in [0.1, 0.15) is 76.8 Å². The zero-order chi connectivity index (χ0) is 19.6. The Bertz CT molecular complexity index is 803. The lowest BCUT2D eigenvalue weighted by Gasteiger charge is -2.33. The highest BCUT2D eigenvalue weighted by molar-refractivity contribution is 6.13. The van der Waals surface area contributed by atoms with Crippen molar-refractivity contribution in [2.75, 3.05) is 0 Å². The molecule has 0 unspecified atom stereocenters. The number of aliphatic imine (C=N–C) groups is 2. The van der Waals surface area contributed by atoms with Gasteiger partial charge in [-0.05, 0) is 52.0 Å². The van der Waals surface area contributed by atoms with Gasteiger partial charge in [-0.25, -0.2) is 9.98 Å². The molecule has 1 fully saturated rings. The summed E-state index contributed by atoms with van der Waals surface area (Å²) >= 11 is 0. The van der Waals surface area contributed by atoms with Gasteiger partial charge in [0.25, 0.3) is 0 Å². The average Bonchev–Trinajstić information content (AvgIpc) is 2.61. The molecule has 0 amide bonds. The molecule has 0 radical (unpaired) electrons. The normalized spacial score (nSPS) is 23.6. The fraction of sp³-hybridized carbons (Fsp3) is 0.478. The van der Waals surface area contributed by atoms with Gasteiger partial charge in [-0.3, -0.25) is 0 Å². The number of hydrogen-bond acceptors (Lipinski definition) is 4. The molecular weight excluding hydrogens is 334 g/mol. The van der Waals surface area contributed by atoms with Crippen molar-refractivity contribution in [3.8, 4) is 0 Å². The lowest BCUT2D eigenvalue weighted by Crippen LogP contribution is -2.42. The lowest BCUT2D eigenvalue weighted by atomic mass is 9.83. The summed E-state index contributed by atoms with van der Waals surface area (Å²) in [6.07, 6.45) is 6.66. The van der Waals surface area contributed by atoms with Crippen molar-refractivity contribution in [3.05, 3.63) is 59.1 Å². The van der Waals surface area contributed by atoms with E-state index in [1.54, 1.807) is 0 Å². The molecule has 0 atom stereocenters. The highest BCUT2D eigenvalue weighted by atomic mass is 16.5. The minimum absolute atomic E-state index is 0.440. The van der Waals surface area contributed by atoms with Crippen LogP contribution in [0.4, 0.5) is 0 Å². The number of ether oxygens (including phenoxy) is 1. The van der Waals surface area contributed by atoms with E-state index < -0.39 is 5.60 Å². The Labute approximate surface area is 162 Å². The lowest BCUT2D eigenvalue weighted by molar-refractivity contribution is 0.163. The molecule has 1 aromatic carbocycles. The van der Waals surface area contributed by atoms with Crippen LogP contribution in [0, 0.1) is 0 Å². The Morgan fingerprint density at radius 1 is 1.15 bits per heavy atom. The van der Waals surface area contributed by atoms with Crippen molar-refractivity contribution in [2.24, 2.45) is 15.7 Å². The number of rotatable bonds is 3. The molecule has 4 nitrogen and oxygen atoms in total. The Kier molecular flexibility index (Phi) is 5.54. The molecule has 0 spiro atoms. The summed E-state index contributed by atoms with van der Waals surface area (Å²) in [5.41, 5.74) is 10.7. The molecule has 144 valence electrons. The Hall–Kier alpha value is -2.36. The molecule has 0 saturated heterocycles. The Morgan fingerprint density at radius 3 is 2.33 bits per heavy atom. The van der Waals surface area contributed by atoms with E-state index in [4.69, 9.17) is 15.5 Å². The van der Waals surface area contributed by atoms with Crippen molar-refractivity contribution in [1.82, 2.24) is 0 Å². The van der Waals surface area contributed by atoms with Crippen LogP contribution in [0.2, 0.25) is 0 Å². The third-order valence-corrected chi connectivity index (χ3v) is 5.27. The zero-order valence-corrected chi connectivity index (χ0v) is 17.0. The monoisotopic (exact) mass is 365 g/mol. The fourth-order valence-electron chi connectivity index (χ4n) is 3.90. The van der Waals surface area contributed by atoms with E-state index in [1.165, 1.54) is 37.7 Å². The van der Waals surface area contributed by atoms with Crippen molar-refractivity contribution in [3.63, 3.8) is 0 Å². The van der Waals surface area contributed by atoms with Crippen molar-refractivity contribution in [2.45, 2.75) is 71.3 Å². The van der Waals surface area contributed by atoms with Crippen molar-refractivity contribution < 1.29 is 4.74 Å². The number of nitrogens with two attached hydrogens (primary N) is 1. The Balaban J connectivity index is 1.97. The molecule has 2 N–H and O–H groups in total. The summed E-state index contributed by atoms with van der Waals surface area (Å²) in [5.74, 6) is 1.14. The van der Waals surface area contributed by atoms with Crippen LogP contribution >= 0.6 is 0 Å². The van der Waals surface area contributed by atoms with Crippen LogP contribution in [-0.4, -0.2) is 17.2 Å². The van der Waals surface area contributed by atoms with E-state index in [2.05, 4.69) is 35.8 Å². The van der Waals surface area contributed by atoms with Gasteiger partial charge in [-0.15, -0.1) is 0 Å². The summed E-state index contributed by atoms with van der Waals surface area (Å²) < 4.78 is 6.19. The van der Waals surface area contributed by atoms with Gasteiger partial charge in [0.1, 0.15) is 11.3 Å². The second-order valence-corrected chi connectivity index (χ2v) is 8.21. The predicted molar refractivity (Wildman–Crippen MR) is 113 cm³/mol. The smallest absolute Gasteiger partial charge is 0.242 e. The van der Waals surface area contributed by atoms with Gasteiger partial charge in [0, 0.05) is 17.0 Å². The highest BCUT2D eigenvalue weighted by Crippen LogP contribution is 2.34. The van der Waals surface area contributed by atoms with Crippen LogP contribution < -0.4 is 5.73 Å².